The smallest absolute Gasteiger partial charge is 0.328 e. The van der Waals surface area contributed by atoms with Crippen molar-refractivity contribution in [1.29, 1.82) is 5.41 Å². The van der Waals surface area contributed by atoms with Gasteiger partial charge in [-0.25, -0.2) is 4.79 Å². The lowest BCUT2D eigenvalue weighted by molar-refractivity contribution is -0.145. The molecule has 0 aliphatic carbocycles. The van der Waals surface area contributed by atoms with E-state index in [1.54, 1.807) is 38.1 Å². The van der Waals surface area contributed by atoms with Gasteiger partial charge in [-0.2, -0.15) is 0 Å². The predicted octanol–water partition coefficient (Wildman–Crippen LogP) is 4.05. The molecule has 1 unspecified atom stereocenters. The number of hydrogen-bond acceptors (Lipinski definition) is 6. The van der Waals surface area contributed by atoms with E-state index in [4.69, 9.17) is 14.9 Å². The maximum absolute atomic E-state index is 13.6. The summed E-state index contributed by atoms with van der Waals surface area (Å²) in [5, 5.41) is 10.1. The van der Waals surface area contributed by atoms with E-state index in [1.165, 1.54) is 12.0 Å². The largest absolute Gasteiger partial charge is 0.478 e. The summed E-state index contributed by atoms with van der Waals surface area (Å²) >= 11 is 0. The zero-order valence-corrected chi connectivity index (χ0v) is 19.9. The van der Waals surface area contributed by atoms with Crippen LogP contribution in [0.25, 0.3) is 10.8 Å². The summed E-state index contributed by atoms with van der Waals surface area (Å²) in [7, 11) is 1.21. The maximum atomic E-state index is 13.6. The molecule has 35 heavy (non-hydrogen) atoms. The Morgan fingerprint density at radius 3 is 2.34 bits per heavy atom. The SMILES string of the molecule is CCOC(=N)c1ccc(C2(C)C(=O)N(CC(=O)OC)C(=O)N2Cc2ccc3ccccc3c2)cc1. The minimum Gasteiger partial charge on any atom is -0.478 e. The van der Waals surface area contributed by atoms with E-state index in [0.29, 0.717) is 17.7 Å². The third-order valence-electron chi connectivity index (χ3n) is 6.33. The normalized spacial score (nSPS) is 17.7. The van der Waals surface area contributed by atoms with Crippen molar-refractivity contribution >= 4 is 34.6 Å². The predicted molar refractivity (Wildman–Crippen MR) is 131 cm³/mol. The van der Waals surface area contributed by atoms with Gasteiger partial charge in [0, 0.05) is 12.1 Å². The lowest BCUT2D eigenvalue weighted by Gasteiger charge is -2.32. The molecular weight excluding hydrogens is 446 g/mol. The van der Waals surface area contributed by atoms with Gasteiger partial charge in [-0.3, -0.25) is 19.9 Å². The molecule has 0 radical (unpaired) electrons. The van der Waals surface area contributed by atoms with Crippen molar-refractivity contribution in [2.75, 3.05) is 20.3 Å². The number of fused-ring (bicyclic) bond motifs is 1. The van der Waals surface area contributed by atoms with Crippen molar-refractivity contribution in [1.82, 2.24) is 9.80 Å². The van der Waals surface area contributed by atoms with Crippen LogP contribution in [0.15, 0.2) is 66.7 Å². The second-order valence-corrected chi connectivity index (χ2v) is 8.43. The molecule has 3 aromatic rings. The summed E-state index contributed by atoms with van der Waals surface area (Å²) in [6.07, 6.45) is 0. The van der Waals surface area contributed by atoms with Gasteiger partial charge < -0.3 is 14.4 Å². The molecule has 3 aromatic carbocycles. The maximum Gasteiger partial charge on any atom is 0.328 e. The molecule has 8 nitrogen and oxygen atoms in total. The highest BCUT2D eigenvalue weighted by atomic mass is 16.5. The number of urea groups is 1. The second kappa shape index (κ2) is 9.58. The Bertz CT molecular complexity index is 1300. The van der Waals surface area contributed by atoms with Gasteiger partial charge in [0.15, 0.2) is 0 Å². The van der Waals surface area contributed by atoms with Crippen LogP contribution in [-0.2, 0) is 31.1 Å². The summed E-state index contributed by atoms with van der Waals surface area (Å²) in [5.74, 6) is -1.16. The van der Waals surface area contributed by atoms with Crippen LogP contribution in [0.2, 0.25) is 0 Å². The number of nitrogens with one attached hydrogen (secondary N) is 1. The van der Waals surface area contributed by atoms with E-state index in [0.717, 1.165) is 21.2 Å². The van der Waals surface area contributed by atoms with Crippen molar-refractivity contribution in [2.24, 2.45) is 0 Å². The lowest BCUT2D eigenvalue weighted by Crippen LogP contribution is -2.44. The number of hydrogen-bond donors (Lipinski definition) is 1. The van der Waals surface area contributed by atoms with Crippen molar-refractivity contribution in [3.63, 3.8) is 0 Å². The van der Waals surface area contributed by atoms with Crippen LogP contribution in [-0.4, -0.2) is 53.9 Å². The molecule has 1 saturated heterocycles. The molecule has 1 aliphatic heterocycles. The molecule has 8 heteroatoms. The molecule has 1 fully saturated rings. The van der Waals surface area contributed by atoms with Gasteiger partial charge in [0.05, 0.1) is 13.7 Å². The van der Waals surface area contributed by atoms with Gasteiger partial charge in [0.25, 0.3) is 5.91 Å². The molecule has 0 saturated carbocycles. The molecule has 180 valence electrons. The quantitative estimate of drug-likeness (QED) is 0.241. The number of esters is 1. The van der Waals surface area contributed by atoms with Crippen molar-refractivity contribution in [2.45, 2.75) is 25.9 Å². The molecule has 0 spiro atoms. The third kappa shape index (κ3) is 4.35. The van der Waals surface area contributed by atoms with Crippen LogP contribution in [0.4, 0.5) is 4.79 Å². The van der Waals surface area contributed by atoms with Gasteiger partial charge >= 0.3 is 12.0 Å². The van der Waals surface area contributed by atoms with Crippen molar-refractivity contribution in [3.8, 4) is 0 Å². The molecule has 0 bridgehead atoms. The molecule has 1 atom stereocenters. The monoisotopic (exact) mass is 473 g/mol. The summed E-state index contributed by atoms with van der Waals surface area (Å²) in [6, 6.07) is 20.0. The average molecular weight is 474 g/mol. The highest BCUT2D eigenvalue weighted by Gasteiger charge is 2.55. The highest BCUT2D eigenvalue weighted by molar-refractivity contribution is 6.09. The Kier molecular flexibility index (Phi) is 6.55. The van der Waals surface area contributed by atoms with E-state index in [-0.39, 0.29) is 12.4 Å². The highest BCUT2D eigenvalue weighted by Crippen LogP contribution is 2.39. The molecular formula is C27H27N3O5. The molecule has 1 aliphatic rings. The first kappa shape index (κ1) is 23.9. The summed E-state index contributed by atoms with van der Waals surface area (Å²) in [6.45, 7) is 3.54. The first-order chi connectivity index (χ1) is 16.8. The number of ether oxygens (including phenoxy) is 2. The van der Waals surface area contributed by atoms with E-state index >= 15 is 0 Å². The number of carbonyl (C=O) groups excluding carboxylic acids is 3. The van der Waals surface area contributed by atoms with Crippen LogP contribution in [0.1, 0.15) is 30.5 Å². The number of nitrogens with zero attached hydrogens (tertiary/aromatic N) is 2. The summed E-state index contributed by atoms with van der Waals surface area (Å²) in [5.41, 5.74) is 0.620. The van der Waals surface area contributed by atoms with Crippen LogP contribution < -0.4 is 0 Å². The minimum absolute atomic E-state index is 0.0263. The third-order valence-corrected chi connectivity index (χ3v) is 6.33. The fraction of sp³-hybridized carbons (Fsp3) is 0.259. The van der Waals surface area contributed by atoms with Gasteiger partial charge in [0.1, 0.15) is 12.1 Å². The van der Waals surface area contributed by atoms with E-state index in [9.17, 15) is 14.4 Å². The standard InChI is InChI=1S/C27H27N3O5/c1-4-35-24(28)20-11-13-22(14-12-20)27(2)25(32)29(17-23(31)34-3)26(33)30(27)16-18-9-10-19-7-5-6-8-21(19)15-18/h5-15,28H,4,16-17H2,1-3H3. The van der Waals surface area contributed by atoms with Gasteiger partial charge in [-0.05, 0) is 53.9 Å². The van der Waals surface area contributed by atoms with Gasteiger partial charge in [-0.15, -0.1) is 0 Å². The Morgan fingerprint density at radius 1 is 1.00 bits per heavy atom. The number of amides is 3. The molecule has 1 N–H and O–H groups in total. The number of benzene rings is 3. The first-order valence-corrected chi connectivity index (χ1v) is 11.3. The zero-order chi connectivity index (χ0) is 25.2. The molecule has 0 aromatic heterocycles. The number of imide groups is 1. The Morgan fingerprint density at radius 2 is 1.69 bits per heavy atom. The molecule has 4 rings (SSSR count). The van der Waals surface area contributed by atoms with Crippen LogP contribution in [0, 0.1) is 5.41 Å². The van der Waals surface area contributed by atoms with Gasteiger partial charge in [0.2, 0.25) is 5.90 Å². The topological polar surface area (TPSA) is 100 Å². The number of methoxy groups -OCH3 is 1. The fourth-order valence-electron chi connectivity index (χ4n) is 4.33. The van der Waals surface area contributed by atoms with Crippen molar-refractivity contribution < 1.29 is 23.9 Å². The zero-order valence-electron chi connectivity index (χ0n) is 19.9. The van der Waals surface area contributed by atoms with E-state index < -0.39 is 30.0 Å². The average Bonchev–Trinajstić information content (AvgIpc) is 3.05. The summed E-state index contributed by atoms with van der Waals surface area (Å²) in [4.78, 5) is 41.5. The summed E-state index contributed by atoms with van der Waals surface area (Å²) < 4.78 is 9.97. The second-order valence-electron chi connectivity index (χ2n) is 8.43. The van der Waals surface area contributed by atoms with Crippen LogP contribution >= 0.6 is 0 Å². The Labute approximate surface area is 203 Å². The van der Waals surface area contributed by atoms with Gasteiger partial charge in [-0.1, -0.05) is 48.5 Å². The van der Waals surface area contributed by atoms with E-state index in [1.807, 2.05) is 42.5 Å². The van der Waals surface area contributed by atoms with Crippen molar-refractivity contribution in [3.05, 3.63) is 83.4 Å². The first-order valence-electron chi connectivity index (χ1n) is 11.3. The lowest BCUT2D eigenvalue weighted by atomic mass is 9.89. The van der Waals surface area contributed by atoms with E-state index in [2.05, 4.69) is 0 Å². The van der Waals surface area contributed by atoms with Crippen LogP contribution in [0.3, 0.4) is 0 Å². The Balaban J connectivity index is 1.74. The Hall–Kier alpha value is -4.20. The molecule has 3 amide bonds. The van der Waals surface area contributed by atoms with Crippen LogP contribution in [0.5, 0.6) is 0 Å². The fourth-order valence-corrected chi connectivity index (χ4v) is 4.33. The minimum atomic E-state index is -1.36. The number of carbonyl (C=O) groups is 3. The number of rotatable bonds is 7. The molecule has 1 heterocycles.